The lowest BCUT2D eigenvalue weighted by Crippen LogP contribution is -2.30. The first-order valence-electron chi connectivity index (χ1n) is 39.1. The van der Waals surface area contributed by atoms with E-state index in [1.165, 1.54) is 96.3 Å². The predicted molar refractivity (Wildman–Crippen MR) is 408 cm³/mol. The van der Waals surface area contributed by atoms with E-state index in [2.05, 4.69) is 113 Å². The van der Waals surface area contributed by atoms with Crippen LogP contribution in [-0.4, -0.2) is 96.7 Å². The van der Waals surface area contributed by atoms with Gasteiger partial charge in [0.15, 0.2) is 12.2 Å². The Kier molecular flexibility index (Phi) is 69.9. The summed E-state index contributed by atoms with van der Waals surface area (Å²) in [5, 5.41) is 10.6. The van der Waals surface area contributed by atoms with Crippen molar-refractivity contribution in [3.05, 3.63) is 109 Å². The van der Waals surface area contributed by atoms with E-state index >= 15 is 0 Å². The number of phosphoric acid groups is 2. The van der Waals surface area contributed by atoms with E-state index in [0.29, 0.717) is 25.7 Å². The van der Waals surface area contributed by atoms with Crippen molar-refractivity contribution in [2.75, 3.05) is 39.6 Å². The summed E-state index contributed by atoms with van der Waals surface area (Å²) in [6.07, 6.45) is 78.2. The Bertz CT molecular complexity index is 2320. The highest BCUT2D eigenvalue weighted by molar-refractivity contribution is 7.47. The van der Waals surface area contributed by atoms with Crippen molar-refractivity contribution >= 4 is 39.5 Å². The van der Waals surface area contributed by atoms with E-state index in [0.717, 1.165) is 148 Å². The summed E-state index contributed by atoms with van der Waals surface area (Å²) in [6, 6.07) is 0. The predicted octanol–water partition coefficient (Wildman–Crippen LogP) is 22.6. The van der Waals surface area contributed by atoms with Crippen LogP contribution in [0.3, 0.4) is 0 Å². The van der Waals surface area contributed by atoms with Crippen LogP contribution in [-0.2, 0) is 65.4 Å². The fourth-order valence-electron chi connectivity index (χ4n) is 10.3. The van der Waals surface area contributed by atoms with Crippen molar-refractivity contribution in [3.63, 3.8) is 0 Å². The third-order valence-corrected chi connectivity index (χ3v) is 18.2. The molecule has 5 atom stereocenters. The fourth-order valence-corrected chi connectivity index (χ4v) is 11.9. The topological polar surface area (TPSA) is 237 Å². The van der Waals surface area contributed by atoms with Crippen molar-refractivity contribution in [2.24, 2.45) is 0 Å². The largest absolute Gasteiger partial charge is 0.472 e. The van der Waals surface area contributed by atoms with E-state index in [1.54, 1.807) is 6.08 Å². The molecule has 0 saturated carbocycles. The monoisotopic (exact) mass is 1450 g/mol. The summed E-state index contributed by atoms with van der Waals surface area (Å²) in [7, 11) is -9.98. The summed E-state index contributed by atoms with van der Waals surface area (Å²) in [5.74, 6) is -2.33. The zero-order valence-corrected chi connectivity index (χ0v) is 64.6. The molecule has 0 saturated heterocycles. The molecule has 19 heteroatoms. The molecule has 0 radical (unpaired) electrons. The van der Waals surface area contributed by atoms with Gasteiger partial charge in [0.05, 0.1) is 32.8 Å². The molecule has 0 amide bonds. The van der Waals surface area contributed by atoms with Gasteiger partial charge in [0, 0.05) is 19.3 Å². The van der Waals surface area contributed by atoms with Crippen LogP contribution in [0.25, 0.3) is 0 Å². The number of allylic oxidation sites excluding steroid dienone is 17. The van der Waals surface area contributed by atoms with Gasteiger partial charge >= 0.3 is 39.5 Å². The van der Waals surface area contributed by atoms with Crippen LogP contribution in [0.5, 0.6) is 0 Å². The Labute approximate surface area is 607 Å². The number of hydrogen-bond acceptors (Lipinski definition) is 15. The summed E-state index contributed by atoms with van der Waals surface area (Å²) < 4.78 is 68.4. The maximum absolute atomic E-state index is 13.1. The van der Waals surface area contributed by atoms with Crippen molar-refractivity contribution < 1.29 is 80.2 Å². The Morgan fingerprint density at radius 3 is 0.930 bits per heavy atom. The molecule has 100 heavy (non-hydrogen) atoms. The van der Waals surface area contributed by atoms with Crippen LogP contribution < -0.4 is 0 Å². The van der Waals surface area contributed by atoms with Crippen LogP contribution in [0.1, 0.15) is 323 Å². The van der Waals surface area contributed by atoms with Gasteiger partial charge in [-0.2, -0.15) is 0 Å². The van der Waals surface area contributed by atoms with Crippen molar-refractivity contribution in [1.29, 1.82) is 0 Å². The fraction of sp³-hybridized carbons (Fsp3) is 0.728. The lowest BCUT2D eigenvalue weighted by atomic mass is 10.0. The van der Waals surface area contributed by atoms with E-state index in [4.69, 9.17) is 37.0 Å². The molecule has 0 heterocycles. The second-order valence-corrected chi connectivity index (χ2v) is 28.8. The summed E-state index contributed by atoms with van der Waals surface area (Å²) in [4.78, 5) is 72.8. The number of carbonyl (C=O) groups is 4. The molecule has 0 aromatic carbocycles. The van der Waals surface area contributed by atoms with Gasteiger partial charge in [0.1, 0.15) is 19.3 Å². The van der Waals surface area contributed by atoms with Gasteiger partial charge in [-0.25, -0.2) is 9.13 Å². The average molecular weight is 1450 g/mol. The van der Waals surface area contributed by atoms with Gasteiger partial charge in [-0.05, 0) is 116 Å². The third kappa shape index (κ3) is 72.1. The van der Waals surface area contributed by atoms with E-state index in [-0.39, 0.29) is 25.7 Å². The Hall–Kier alpha value is -4.28. The number of aliphatic hydroxyl groups is 1. The molecule has 0 aromatic rings. The Morgan fingerprint density at radius 1 is 0.300 bits per heavy atom. The average Bonchev–Trinajstić information content (AvgIpc) is 0.936. The van der Waals surface area contributed by atoms with Crippen molar-refractivity contribution in [3.8, 4) is 0 Å². The van der Waals surface area contributed by atoms with Crippen LogP contribution in [0.4, 0.5) is 0 Å². The number of rotatable bonds is 73. The van der Waals surface area contributed by atoms with E-state index in [1.807, 2.05) is 18.2 Å². The Balaban J connectivity index is 5.39. The number of aliphatic hydroxyl groups excluding tert-OH is 1. The molecular formula is C81H140O17P2. The number of esters is 4. The summed E-state index contributed by atoms with van der Waals surface area (Å²) in [5.41, 5.74) is 0. The quantitative estimate of drug-likeness (QED) is 0.0169. The molecule has 0 fully saturated rings. The van der Waals surface area contributed by atoms with E-state index in [9.17, 15) is 43.2 Å². The minimum Gasteiger partial charge on any atom is -0.462 e. The molecule has 0 aliphatic heterocycles. The first-order valence-corrected chi connectivity index (χ1v) is 42.1. The molecule has 0 aromatic heterocycles. The highest BCUT2D eigenvalue weighted by Crippen LogP contribution is 2.45. The van der Waals surface area contributed by atoms with Gasteiger partial charge < -0.3 is 33.8 Å². The molecule has 0 bridgehead atoms. The molecule has 0 aliphatic carbocycles. The van der Waals surface area contributed by atoms with Crippen LogP contribution in [0.15, 0.2) is 109 Å². The molecule has 0 spiro atoms. The minimum absolute atomic E-state index is 0.0696. The molecule has 3 N–H and O–H groups in total. The minimum atomic E-state index is -4.99. The normalized spacial score (nSPS) is 14.5. The molecular weight excluding hydrogens is 1310 g/mol. The van der Waals surface area contributed by atoms with Crippen LogP contribution in [0, 0.1) is 0 Å². The van der Waals surface area contributed by atoms with Gasteiger partial charge in [-0.1, -0.05) is 291 Å². The highest BCUT2D eigenvalue weighted by atomic mass is 31.2. The van der Waals surface area contributed by atoms with E-state index < -0.39 is 97.5 Å². The summed E-state index contributed by atoms with van der Waals surface area (Å²) in [6.45, 7) is 4.60. The lowest BCUT2D eigenvalue weighted by molar-refractivity contribution is -0.161. The van der Waals surface area contributed by atoms with Crippen LogP contribution in [0.2, 0.25) is 0 Å². The first-order chi connectivity index (χ1) is 48.7. The smallest absolute Gasteiger partial charge is 0.462 e. The molecule has 576 valence electrons. The SMILES string of the molecule is CC/C=C\C/C=C\C/C=C\C/C=C\C/C=C\CC(=O)OCC(COP(=O)(O)OCC(O)COP(=O)(O)OCC(COC(=O)CCCCCCCC/C=C\C/C=C\C/C=C\CCCCC)OC(=O)CCCCCCC/C=C\CCCCCC)OC(=O)CCCCCCCCCCCCCCC. The lowest BCUT2D eigenvalue weighted by Gasteiger charge is -2.21. The second kappa shape index (κ2) is 73.0. The zero-order valence-electron chi connectivity index (χ0n) is 62.8. The second-order valence-electron chi connectivity index (χ2n) is 25.9. The van der Waals surface area contributed by atoms with Crippen molar-refractivity contribution in [1.82, 2.24) is 0 Å². The molecule has 17 nitrogen and oxygen atoms in total. The van der Waals surface area contributed by atoms with Gasteiger partial charge in [0.25, 0.3) is 0 Å². The molecule has 5 unspecified atom stereocenters. The maximum Gasteiger partial charge on any atom is 0.472 e. The van der Waals surface area contributed by atoms with Gasteiger partial charge in [0.2, 0.25) is 0 Å². The zero-order chi connectivity index (χ0) is 73.2. The highest BCUT2D eigenvalue weighted by Gasteiger charge is 2.30. The van der Waals surface area contributed by atoms with Crippen molar-refractivity contribution in [2.45, 2.75) is 341 Å². The first kappa shape index (κ1) is 95.7. The third-order valence-electron chi connectivity index (χ3n) is 16.3. The van der Waals surface area contributed by atoms with Gasteiger partial charge in [-0.3, -0.25) is 37.3 Å². The summed E-state index contributed by atoms with van der Waals surface area (Å²) >= 11 is 0. The maximum atomic E-state index is 13.1. The number of unbranched alkanes of at least 4 members (excludes halogenated alkanes) is 30. The van der Waals surface area contributed by atoms with Crippen LogP contribution >= 0.6 is 15.6 Å². The standard InChI is InChI=1S/C81H140O17P2/c1-5-9-13-17-21-25-29-33-35-36-37-38-40-44-46-50-54-58-62-66-79(84)92-72-77(98-81(86)68-64-60-56-52-48-42-32-28-24-20-16-12-8-4)74-96-100(89,90)94-70-75(82)69-93-99(87,88)95-73-76(97-80(85)67-63-59-55-51-47-41-31-27-23-19-15-11-7-3)71-91-78(83)65-61-57-53-49-45-43-39-34-30-26-22-18-14-10-6-2/h10,14,21-22,25-26,28,32-35,37-39,45,49,57,61,75-77,82H,5-9,11-13,15-20,23-24,27,29-31,36,40-44,46-48,50-56,58-60,62-74H2,1-4H3,(H,87,88)(H,89,90)/b14-10-,25-21-,26-22-,32-28-,35-33-,38-37-,39-34-,49-45-,61-57-. The van der Waals surface area contributed by atoms with Gasteiger partial charge in [-0.15, -0.1) is 0 Å². The number of hydrogen-bond donors (Lipinski definition) is 3. The number of carbonyl (C=O) groups excluding carboxylic acids is 4. The molecule has 0 aliphatic rings. The number of ether oxygens (including phenoxy) is 4. The molecule has 0 rings (SSSR count). The number of phosphoric ester groups is 2. The Morgan fingerprint density at radius 2 is 0.560 bits per heavy atom.